The van der Waals surface area contributed by atoms with Crippen LogP contribution in [0.1, 0.15) is 25.7 Å². The Balaban J connectivity index is 1.55. The lowest BCUT2D eigenvalue weighted by atomic mass is 10.2. The summed E-state index contributed by atoms with van der Waals surface area (Å²) in [6.07, 6.45) is 3.03. The molecule has 0 bridgehead atoms. The van der Waals surface area contributed by atoms with Crippen LogP contribution in [-0.4, -0.2) is 42.1 Å². The van der Waals surface area contributed by atoms with Crippen LogP contribution in [0.25, 0.3) is 0 Å². The third-order valence-corrected chi connectivity index (χ3v) is 4.25. The molecule has 128 valence electrons. The molecule has 1 aliphatic carbocycles. The van der Waals surface area contributed by atoms with Gasteiger partial charge in [0, 0.05) is 24.7 Å². The first-order valence-corrected chi connectivity index (χ1v) is 8.10. The quantitative estimate of drug-likeness (QED) is 0.781. The molecule has 7 nitrogen and oxygen atoms in total. The molecule has 1 heterocycles. The summed E-state index contributed by atoms with van der Waals surface area (Å²) in [4.78, 5) is 36.5. The normalized spacial score (nSPS) is 18.3. The molecular formula is C17H20N2O5. The number of carboxylic acids is 1. The summed E-state index contributed by atoms with van der Waals surface area (Å²) < 4.78 is 5.44. The van der Waals surface area contributed by atoms with Gasteiger partial charge in [-0.05, 0) is 37.3 Å². The van der Waals surface area contributed by atoms with Gasteiger partial charge in [0.1, 0.15) is 11.8 Å². The number of nitrogens with zero attached hydrogens (tertiary/aromatic N) is 1. The van der Waals surface area contributed by atoms with E-state index in [9.17, 15) is 14.4 Å². The summed E-state index contributed by atoms with van der Waals surface area (Å²) in [7, 11) is 0. The van der Waals surface area contributed by atoms with Crippen molar-refractivity contribution in [2.45, 2.75) is 31.7 Å². The molecule has 24 heavy (non-hydrogen) atoms. The van der Waals surface area contributed by atoms with Crippen LogP contribution in [0.3, 0.4) is 0 Å². The third-order valence-electron chi connectivity index (χ3n) is 4.25. The third kappa shape index (κ3) is 3.84. The van der Waals surface area contributed by atoms with E-state index in [-0.39, 0.29) is 18.4 Å². The lowest BCUT2D eigenvalue weighted by molar-refractivity contribution is -0.142. The van der Waals surface area contributed by atoms with Gasteiger partial charge in [-0.25, -0.2) is 4.79 Å². The van der Waals surface area contributed by atoms with E-state index in [1.807, 2.05) is 6.07 Å². The lowest BCUT2D eigenvalue weighted by Gasteiger charge is -2.17. The molecule has 1 aromatic carbocycles. The number of anilines is 1. The van der Waals surface area contributed by atoms with Crippen molar-refractivity contribution in [3.05, 3.63) is 24.3 Å². The van der Waals surface area contributed by atoms with E-state index in [1.165, 1.54) is 0 Å². The van der Waals surface area contributed by atoms with Gasteiger partial charge in [-0.3, -0.25) is 9.59 Å². The van der Waals surface area contributed by atoms with Crippen LogP contribution in [0.5, 0.6) is 5.75 Å². The van der Waals surface area contributed by atoms with Gasteiger partial charge in [0.2, 0.25) is 5.91 Å². The predicted molar refractivity (Wildman–Crippen MR) is 85.8 cm³/mol. The maximum Gasteiger partial charge on any atom is 0.326 e. The Hall–Kier alpha value is -2.57. The second-order valence-electron chi connectivity index (χ2n) is 6.16. The van der Waals surface area contributed by atoms with Gasteiger partial charge in [-0.15, -0.1) is 0 Å². The van der Waals surface area contributed by atoms with E-state index < -0.39 is 17.9 Å². The van der Waals surface area contributed by atoms with Crippen molar-refractivity contribution in [2.24, 2.45) is 5.92 Å². The molecular weight excluding hydrogens is 312 g/mol. The van der Waals surface area contributed by atoms with Crippen molar-refractivity contribution in [1.29, 1.82) is 0 Å². The fraction of sp³-hybridized carbons (Fsp3) is 0.471. The highest BCUT2D eigenvalue weighted by Gasteiger charge is 2.37. The zero-order valence-electron chi connectivity index (χ0n) is 13.2. The lowest BCUT2D eigenvalue weighted by Crippen LogP contribution is -2.44. The van der Waals surface area contributed by atoms with Crippen LogP contribution in [0.2, 0.25) is 0 Å². The summed E-state index contributed by atoms with van der Waals surface area (Å²) in [5.41, 5.74) is 0.747. The molecule has 1 unspecified atom stereocenters. The molecule has 0 aromatic heterocycles. The molecule has 2 aliphatic rings. The summed E-state index contributed by atoms with van der Waals surface area (Å²) in [6.45, 7) is 0.429. The SMILES string of the molecule is O=C(COc1cccc(N2CCCC2=O)c1)NC(C(=O)O)C1CC1. The second kappa shape index (κ2) is 6.90. The van der Waals surface area contributed by atoms with Crippen molar-refractivity contribution in [2.75, 3.05) is 18.1 Å². The average Bonchev–Trinajstić information content (AvgIpc) is 3.31. The van der Waals surface area contributed by atoms with Gasteiger partial charge in [0.15, 0.2) is 6.61 Å². The fourth-order valence-electron chi connectivity index (χ4n) is 2.84. The van der Waals surface area contributed by atoms with E-state index in [0.29, 0.717) is 18.7 Å². The molecule has 3 rings (SSSR count). The first kappa shape index (κ1) is 16.3. The van der Waals surface area contributed by atoms with Crippen LogP contribution < -0.4 is 15.0 Å². The van der Waals surface area contributed by atoms with Gasteiger partial charge in [0.25, 0.3) is 5.91 Å². The number of ether oxygens (including phenoxy) is 1. The average molecular weight is 332 g/mol. The number of hydrogen-bond donors (Lipinski definition) is 2. The molecule has 1 saturated heterocycles. The smallest absolute Gasteiger partial charge is 0.326 e. The van der Waals surface area contributed by atoms with E-state index in [0.717, 1.165) is 24.9 Å². The molecule has 0 radical (unpaired) electrons. The monoisotopic (exact) mass is 332 g/mol. The van der Waals surface area contributed by atoms with Crippen LogP contribution in [-0.2, 0) is 14.4 Å². The molecule has 7 heteroatoms. The zero-order chi connectivity index (χ0) is 17.1. The fourth-order valence-corrected chi connectivity index (χ4v) is 2.84. The Morgan fingerprint density at radius 3 is 2.79 bits per heavy atom. The Morgan fingerprint density at radius 1 is 1.38 bits per heavy atom. The van der Waals surface area contributed by atoms with Crippen LogP contribution in [0.4, 0.5) is 5.69 Å². The number of hydrogen-bond acceptors (Lipinski definition) is 4. The van der Waals surface area contributed by atoms with Gasteiger partial charge < -0.3 is 20.1 Å². The van der Waals surface area contributed by atoms with Gasteiger partial charge in [0.05, 0.1) is 0 Å². The standard InChI is InChI=1S/C17H20N2O5/c20-14(18-16(17(22)23)11-6-7-11)10-24-13-4-1-3-12(9-13)19-8-2-5-15(19)21/h1,3-4,9,11,16H,2,5-8,10H2,(H,18,20)(H,22,23). The van der Waals surface area contributed by atoms with Gasteiger partial charge in [-0.1, -0.05) is 6.07 Å². The van der Waals surface area contributed by atoms with Crippen molar-refractivity contribution in [1.82, 2.24) is 5.32 Å². The number of nitrogens with one attached hydrogen (secondary N) is 1. The minimum Gasteiger partial charge on any atom is -0.484 e. The Morgan fingerprint density at radius 2 is 2.17 bits per heavy atom. The van der Waals surface area contributed by atoms with Crippen LogP contribution >= 0.6 is 0 Å². The zero-order valence-corrected chi connectivity index (χ0v) is 13.2. The maximum absolute atomic E-state index is 11.9. The number of benzene rings is 1. The van der Waals surface area contributed by atoms with Crippen LogP contribution in [0, 0.1) is 5.92 Å². The highest BCUT2D eigenvalue weighted by molar-refractivity contribution is 5.95. The number of carbonyl (C=O) groups is 3. The second-order valence-corrected chi connectivity index (χ2v) is 6.16. The van der Waals surface area contributed by atoms with Crippen molar-refractivity contribution in [3.8, 4) is 5.75 Å². The van der Waals surface area contributed by atoms with Crippen molar-refractivity contribution >= 4 is 23.5 Å². The largest absolute Gasteiger partial charge is 0.484 e. The highest BCUT2D eigenvalue weighted by Crippen LogP contribution is 2.32. The topological polar surface area (TPSA) is 95.9 Å². The van der Waals surface area contributed by atoms with Gasteiger partial charge in [-0.2, -0.15) is 0 Å². The van der Waals surface area contributed by atoms with E-state index in [4.69, 9.17) is 9.84 Å². The van der Waals surface area contributed by atoms with Crippen LogP contribution in [0.15, 0.2) is 24.3 Å². The van der Waals surface area contributed by atoms with Crippen molar-refractivity contribution in [3.63, 3.8) is 0 Å². The van der Waals surface area contributed by atoms with Crippen molar-refractivity contribution < 1.29 is 24.2 Å². The first-order chi connectivity index (χ1) is 11.5. The van der Waals surface area contributed by atoms with E-state index >= 15 is 0 Å². The Bertz CT molecular complexity index is 656. The molecule has 0 spiro atoms. The summed E-state index contributed by atoms with van der Waals surface area (Å²) in [5, 5.41) is 11.6. The Labute approximate surface area is 139 Å². The highest BCUT2D eigenvalue weighted by atomic mass is 16.5. The minimum atomic E-state index is -1.01. The summed E-state index contributed by atoms with van der Waals surface area (Å²) in [5.74, 6) is -0.896. The molecule has 1 atom stereocenters. The molecule has 1 aliphatic heterocycles. The first-order valence-electron chi connectivity index (χ1n) is 8.10. The number of rotatable bonds is 7. The number of carboxylic acid groups (broad SMARTS) is 1. The molecule has 2 fully saturated rings. The number of carbonyl (C=O) groups excluding carboxylic acids is 2. The Kier molecular flexibility index (Phi) is 4.69. The number of amides is 2. The number of aliphatic carboxylic acids is 1. The molecule has 1 saturated carbocycles. The molecule has 2 N–H and O–H groups in total. The summed E-state index contributed by atoms with van der Waals surface area (Å²) in [6, 6.07) is 6.16. The van der Waals surface area contributed by atoms with Gasteiger partial charge >= 0.3 is 5.97 Å². The van der Waals surface area contributed by atoms with E-state index in [1.54, 1.807) is 23.1 Å². The van der Waals surface area contributed by atoms with E-state index in [2.05, 4.69) is 5.32 Å². The predicted octanol–water partition coefficient (Wildman–Crippen LogP) is 1.17. The molecule has 1 aromatic rings. The summed E-state index contributed by atoms with van der Waals surface area (Å²) >= 11 is 0. The minimum absolute atomic E-state index is 0.0240. The molecule has 2 amide bonds. The maximum atomic E-state index is 11.9.